The molecule has 1 saturated carbocycles. The van der Waals surface area contributed by atoms with Crippen molar-refractivity contribution in [3.05, 3.63) is 16.0 Å². The molecule has 27 heavy (non-hydrogen) atoms. The molecule has 150 valence electrons. The zero-order valence-electron chi connectivity index (χ0n) is 16.8. The summed E-state index contributed by atoms with van der Waals surface area (Å²) in [6, 6.07) is 0.372. The second-order valence-corrected chi connectivity index (χ2v) is 10.2. The second kappa shape index (κ2) is 8.31. The SMILES string of the molecule is CC(C)(C)C1CCCCC1NCC(=O)Nc1sc2c(c1C(N)=O)CCCC2. The summed E-state index contributed by atoms with van der Waals surface area (Å²) in [4.78, 5) is 25.7. The number of rotatable bonds is 5. The van der Waals surface area contributed by atoms with Crippen LogP contribution in [0.5, 0.6) is 0 Å². The fourth-order valence-corrected chi connectivity index (χ4v) is 6.03. The summed E-state index contributed by atoms with van der Waals surface area (Å²) in [5, 5.41) is 7.08. The highest BCUT2D eigenvalue weighted by molar-refractivity contribution is 7.17. The monoisotopic (exact) mass is 391 g/mol. The van der Waals surface area contributed by atoms with E-state index in [-0.39, 0.29) is 17.9 Å². The fourth-order valence-electron chi connectivity index (χ4n) is 4.72. The molecular formula is C21H33N3O2S. The van der Waals surface area contributed by atoms with Crippen LogP contribution in [0.25, 0.3) is 0 Å². The third-order valence-electron chi connectivity index (χ3n) is 6.07. The Hall–Kier alpha value is -1.40. The minimum atomic E-state index is -0.433. The molecule has 6 heteroatoms. The Morgan fingerprint density at radius 2 is 1.81 bits per heavy atom. The number of nitrogens with two attached hydrogens (primary N) is 1. The normalized spacial score (nSPS) is 22.9. The Morgan fingerprint density at radius 3 is 2.52 bits per heavy atom. The van der Waals surface area contributed by atoms with E-state index in [9.17, 15) is 9.59 Å². The maximum absolute atomic E-state index is 12.6. The van der Waals surface area contributed by atoms with E-state index in [4.69, 9.17) is 5.73 Å². The number of thiophene rings is 1. The predicted octanol–water partition coefficient (Wildman–Crippen LogP) is 3.86. The van der Waals surface area contributed by atoms with Crippen molar-refractivity contribution >= 4 is 28.2 Å². The van der Waals surface area contributed by atoms with Crippen molar-refractivity contribution in [1.29, 1.82) is 0 Å². The summed E-state index contributed by atoms with van der Waals surface area (Å²) in [5.74, 6) is 0.0568. The number of amides is 2. The average Bonchev–Trinajstić information content (AvgIpc) is 2.97. The molecule has 0 radical (unpaired) electrons. The van der Waals surface area contributed by atoms with Gasteiger partial charge in [-0.15, -0.1) is 11.3 Å². The van der Waals surface area contributed by atoms with Gasteiger partial charge in [0.2, 0.25) is 5.91 Å². The molecular weight excluding hydrogens is 358 g/mol. The predicted molar refractivity (Wildman–Crippen MR) is 111 cm³/mol. The Balaban J connectivity index is 1.64. The fraction of sp³-hybridized carbons (Fsp3) is 0.714. The maximum atomic E-state index is 12.6. The second-order valence-electron chi connectivity index (χ2n) is 9.07. The largest absolute Gasteiger partial charge is 0.365 e. The number of primary amides is 1. The van der Waals surface area contributed by atoms with Gasteiger partial charge >= 0.3 is 0 Å². The first-order chi connectivity index (χ1) is 12.8. The molecule has 2 amide bonds. The smallest absolute Gasteiger partial charge is 0.251 e. The van der Waals surface area contributed by atoms with Gasteiger partial charge in [-0.2, -0.15) is 0 Å². The average molecular weight is 392 g/mol. The van der Waals surface area contributed by atoms with Crippen molar-refractivity contribution in [1.82, 2.24) is 5.32 Å². The van der Waals surface area contributed by atoms with Gasteiger partial charge in [0.25, 0.3) is 5.91 Å². The highest BCUT2D eigenvalue weighted by Gasteiger charge is 2.34. The van der Waals surface area contributed by atoms with Crippen LogP contribution in [0.1, 0.15) is 80.1 Å². The zero-order chi connectivity index (χ0) is 19.6. The molecule has 2 aliphatic carbocycles. The summed E-state index contributed by atoms with van der Waals surface area (Å²) in [7, 11) is 0. The standard InChI is InChI=1S/C21H33N3O2S/c1-21(2,3)14-9-5-6-10-15(14)23-12-17(25)24-20-18(19(22)26)13-8-4-7-11-16(13)27-20/h14-15,23H,4-12H2,1-3H3,(H2,22,26)(H,24,25). The number of hydrogen-bond acceptors (Lipinski definition) is 4. The van der Waals surface area contributed by atoms with E-state index >= 15 is 0 Å². The molecule has 0 bridgehead atoms. The van der Waals surface area contributed by atoms with Gasteiger partial charge in [0.05, 0.1) is 12.1 Å². The van der Waals surface area contributed by atoms with E-state index in [2.05, 4.69) is 31.4 Å². The lowest BCUT2D eigenvalue weighted by Gasteiger charge is -2.40. The first kappa shape index (κ1) is 20.3. The molecule has 3 rings (SSSR count). The minimum Gasteiger partial charge on any atom is -0.365 e. The van der Waals surface area contributed by atoms with Crippen LogP contribution in [-0.4, -0.2) is 24.4 Å². The van der Waals surface area contributed by atoms with Crippen LogP contribution < -0.4 is 16.4 Å². The highest BCUT2D eigenvalue weighted by Crippen LogP contribution is 2.39. The van der Waals surface area contributed by atoms with Crippen molar-refractivity contribution < 1.29 is 9.59 Å². The first-order valence-electron chi connectivity index (χ1n) is 10.2. The van der Waals surface area contributed by atoms with Gasteiger partial charge in [-0.1, -0.05) is 33.6 Å². The summed E-state index contributed by atoms with van der Waals surface area (Å²) < 4.78 is 0. The lowest BCUT2D eigenvalue weighted by atomic mass is 9.69. The number of anilines is 1. The molecule has 1 heterocycles. The third kappa shape index (κ3) is 4.72. The minimum absolute atomic E-state index is 0.0886. The highest BCUT2D eigenvalue weighted by atomic mass is 32.1. The molecule has 4 N–H and O–H groups in total. The molecule has 2 atom stereocenters. The first-order valence-corrected chi connectivity index (χ1v) is 11.1. The van der Waals surface area contributed by atoms with Crippen molar-refractivity contribution in [3.8, 4) is 0 Å². The summed E-state index contributed by atoms with van der Waals surface area (Å²) in [6.07, 6.45) is 8.90. The van der Waals surface area contributed by atoms with E-state index < -0.39 is 5.91 Å². The number of hydrogen-bond donors (Lipinski definition) is 3. The van der Waals surface area contributed by atoms with Gasteiger partial charge in [0.15, 0.2) is 0 Å². The maximum Gasteiger partial charge on any atom is 0.251 e. The van der Waals surface area contributed by atoms with Crippen LogP contribution in [-0.2, 0) is 17.6 Å². The van der Waals surface area contributed by atoms with Crippen molar-refractivity contribution in [3.63, 3.8) is 0 Å². The molecule has 2 aliphatic rings. The number of fused-ring (bicyclic) bond motifs is 1. The topological polar surface area (TPSA) is 84.2 Å². The van der Waals surface area contributed by atoms with Gasteiger partial charge in [-0.25, -0.2) is 0 Å². The molecule has 1 aromatic heterocycles. The van der Waals surface area contributed by atoms with E-state index in [1.165, 1.54) is 35.5 Å². The zero-order valence-corrected chi connectivity index (χ0v) is 17.6. The molecule has 0 aliphatic heterocycles. The van der Waals surface area contributed by atoms with Gasteiger partial charge in [-0.05, 0) is 55.4 Å². The van der Waals surface area contributed by atoms with Crippen LogP contribution in [0.4, 0.5) is 5.00 Å². The number of carbonyl (C=O) groups is 2. The Labute approximate surface area is 166 Å². The van der Waals surface area contributed by atoms with Crippen LogP contribution in [0.15, 0.2) is 0 Å². The lowest BCUT2D eigenvalue weighted by molar-refractivity contribution is -0.115. The van der Waals surface area contributed by atoms with Crippen LogP contribution in [0.3, 0.4) is 0 Å². The van der Waals surface area contributed by atoms with Crippen LogP contribution >= 0.6 is 11.3 Å². The van der Waals surface area contributed by atoms with Crippen molar-refractivity contribution in [2.75, 3.05) is 11.9 Å². The summed E-state index contributed by atoms with van der Waals surface area (Å²) in [5.41, 5.74) is 7.45. The molecule has 2 unspecified atom stereocenters. The van der Waals surface area contributed by atoms with Crippen molar-refractivity contribution in [2.45, 2.75) is 78.2 Å². The Morgan fingerprint density at radius 1 is 1.11 bits per heavy atom. The third-order valence-corrected chi connectivity index (χ3v) is 7.28. The molecule has 1 fully saturated rings. The number of carbonyl (C=O) groups excluding carboxylic acids is 2. The Bertz CT molecular complexity index is 705. The van der Waals surface area contributed by atoms with Gasteiger partial charge in [0, 0.05) is 10.9 Å². The molecule has 1 aromatic rings. The molecule has 0 spiro atoms. The van der Waals surface area contributed by atoms with Crippen molar-refractivity contribution in [2.24, 2.45) is 17.1 Å². The summed E-state index contributed by atoms with van der Waals surface area (Å²) >= 11 is 1.52. The van der Waals surface area contributed by atoms with Gasteiger partial charge in [-0.3, -0.25) is 9.59 Å². The van der Waals surface area contributed by atoms with E-state index in [1.54, 1.807) is 0 Å². The quantitative estimate of drug-likeness (QED) is 0.712. The number of aryl methyl sites for hydroxylation is 1. The Kier molecular flexibility index (Phi) is 6.26. The number of nitrogens with one attached hydrogen (secondary N) is 2. The molecule has 0 saturated heterocycles. The van der Waals surface area contributed by atoms with E-state index in [0.717, 1.165) is 37.7 Å². The van der Waals surface area contributed by atoms with E-state index in [0.29, 0.717) is 22.5 Å². The van der Waals surface area contributed by atoms with Gasteiger partial charge < -0.3 is 16.4 Å². The van der Waals surface area contributed by atoms with Crippen LogP contribution in [0, 0.1) is 11.3 Å². The molecule has 5 nitrogen and oxygen atoms in total. The lowest BCUT2D eigenvalue weighted by Crippen LogP contribution is -2.46. The summed E-state index contributed by atoms with van der Waals surface area (Å²) in [6.45, 7) is 7.13. The van der Waals surface area contributed by atoms with Crippen LogP contribution in [0.2, 0.25) is 0 Å². The van der Waals surface area contributed by atoms with E-state index in [1.807, 2.05) is 0 Å². The van der Waals surface area contributed by atoms with Gasteiger partial charge in [0.1, 0.15) is 5.00 Å². The molecule has 0 aromatic carbocycles.